The van der Waals surface area contributed by atoms with Gasteiger partial charge in [0.15, 0.2) is 0 Å². The number of allylic oxidation sites excluding steroid dienone is 2. The Morgan fingerprint density at radius 1 is 0.534 bits per heavy atom. The molecule has 0 amide bonds. The van der Waals surface area contributed by atoms with E-state index in [0.29, 0.717) is 0 Å². The van der Waals surface area contributed by atoms with Crippen molar-refractivity contribution in [3.8, 4) is 5.69 Å². The van der Waals surface area contributed by atoms with E-state index >= 15 is 0 Å². The van der Waals surface area contributed by atoms with Gasteiger partial charge in [0.2, 0.25) is 0 Å². The summed E-state index contributed by atoms with van der Waals surface area (Å²) in [5.41, 5.74) is 10.4. The summed E-state index contributed by atoms with van der Waals surface area (Å²) in [6, 6.07) is 63.5. The lowest BCUT2D eigenvalue weighted by Gasteiger charge is -2.43. The third-order valence-corrected chi connectivity index (χ3v) is 14.0. The lowest BCUT2D eigenvalue weighted by Crippen LogP contribution is -2.36. The molecular weight excluding hydrogens is 721 g/mol. The molecule has 1 aliphatic heterocycles. The van der Waals surface area contributed by atoms with Crippen LogP contribution in [0.1, 0.15) is 49.0 Å². The van der Waals surface area contributed by atoms with E-state index in [1.54, 1.807) is 0 Å². The largest absolute Gasteiger partial charge is 0.308 e. The number of fused-ring (bicyclic) bond motifs is 10. The maximum Gasteiger partial charge on any atom is 0.0606 e. The highest BCUT2D eigenvalue weighted by Crippen LogP contribution is 2.51. The summed E-state index contributed by atoms with van der Waals surface area (Å²) >= 11 is 1.90. The maximum absolute atomic E-state index is 2.70. The number of aromatic nitrogens is 1. The molecule has 3 heteroatoms. The molecule has 0 N–H and O–H groups in total. The van der Waals surface area contributed by atoms with Crippen molar-refractivity contribution in [1.29, 1.82) is 0 Å². The summed E-state index contributed by atoms with van der Waals surface area (Å²) in [5.74, 6) is 0.266. The summed E-state index contributed by atoms with van der Waals surface area (Å²) in [5, 5.41) is 10.4. The summed E-state index contributed by atoms with van der Waals surface area (Å²) < 4.78 is 5.26. The van der Waals surface area contributed by atoms with Gasteiger partial charge in [-0.25, -0.2) is 0 Å². The van der Waals surface area contributed by atoms with Crippen LogP contribution in [0.3, 0.4) is 0 Å². The van der Waals surface area contributed by atoms with Crippen LogP contribution in [-0.4, -0.2) is 16.5 Å². The quantitative estimate of drug-likeness (QED) is 0.169. The number of nitrogens with zero attached hydrogens (tertiary/aromatic N) is 2. The minimum atomic E-state index is -0.0145. The molecule has 0 radical (unpaired) electrons. The van der Waals surface area contributed by atoms with Crippen LogP contribution in [-0.2, 0) is 0 Å². The van der Waals surface area contributed by atoms with Crippen molar-refractivity contribution >= 4 is 80.4 Å². The minimum Gasteiger partial charge on any atom is -0.308 e. The van der Waals surface area contributed by atoms with Crippen LogP contribution in [0.25, 0.3) is 74.8 Å². The second-order valence-electron chi connectivity index (χ2n) is 16.0. The van der Waals surface area contributed by atoms with Crippen LogP contribution in [0.2, 0.25) is 0 Å². The number of thiophene rings is 1. The average Bonchev–Trinajstić information content (AvgIpc) is 3.83. The van der Waals surface area contributed by atoms with Gasteiger partial charge in [-0.2, -0.15) is 0 Å². The van der Waals surface area contributed by atoms with Gasteiger partial charge in [0.25, 0.3) is 0 Å². The zero-order chi connectivity index (χ0) is 38.9. The molecule has 3 unspecified atom stereocenters. The van der Waals surface area contributed by atoms with Crippen molar-refractivity contribution in [3.05, 3.63) is 204 Å². The van der Waals surface area contributed by atoms with Gasteiger partial charge in [0, 0.05) is 42.9 Å². The Labute approximate surface area is 343 Å². The molecule has 1 aliphatic rings. The van der Waals surface area contributed by atoms with E-state index in [-0.39, 0.29) is 18.0 Å². The van der Waals surface area contributed by atoms with Crippen LogP contribution < -0.4 is 0 Å². The maximum atomic E-state index is 2.70. The fourth-order valence-corrected chi connectivity index (χ4v) is 11.5. The van der Waals surface area contributed by atoms with Crippen LogP contribution in [0.15, 0.2) is 188 Å². The van der Waals surface area contributed by atoms with Crippen LogP contribution >= 0.6 is 11.3 Å². The number of rotatable bonds is 5. The second-order valence-corrected chi connectivity index (χ2v) is 17.1. The summed E-state index contributed by atoms with van der Waals surface area (Å²) in [6.07, 6.45) is 5.87. The lowest BCUT2D eigenvalue weighted by atomic mass is 9.78. The van der Waals surface area contributed by atoms with Crippen LogP contribution in [0, 0.1) is 5.92 Å². The summed E-state index contributed by atoms with van der Waals surface area (Å²) in [7, 11) is 2.38. The predicted molar refractivity (Wildman–Crippen MR) is 250 cm³/mol. The predicted octanol–water partition coefficient (Wildman–Crippen LogP) is 15.2. The van der Waals surface area contributed by atoms with Crippen LogP contribution in [0.4, 0.5) is 0 Å². The molecule has 0 fully saturated rings. The molecule has 0 saturated heterocycles. The SMILES string of the molecule is CCC1/C(c2ccccc2)=C/C=C(/C)C(c2ccc3sc4ccccc4c3c2-n2c3ccc4ccccc4c3c3c4ccccc4ccc32)N(C)C1c1ccccc1. The van der Waals surface area contributed by atoms with E-state index in [9.17, 15) is 0 Å². The van der Waals surface area contributed by atoms with Crippen molar-refractivity contribution in [1.82, 2.24) is 9.47 Å². The van der Waals surface area contributed by atoms with Gasteiger partial charge >= 0.3 is 0 Å². The Bertz CT molecular complexity index is 3160. The number of hydrogen-bond acceptors (Lipinski definition) is 2. The zero-order valence-corrected chi connectivity index (χ0v) is 33.9. The Morgan fingerprint density at radius 3 is 1.78 bits per heavy atom. The van der Waals surface area contributed by atoms with Crippen molar-refractivity contribution in [2.45, 2.75) is 32.4 Å². The molecule has 0 aliphatic carbocycles. The molecule has 58 heavy (non-hydrogen) atoms. The highest BCUT2D eigenvalue weighted by atomic mass is 32.1. The van der Waals surface area contributed by atoms with E-state index in [1.165, 1.54) is 97.0 Å². The van der Waals surface area contributed by atoms with Crippen molar-refractivity contribution in [2.24, 2.45) is 5.92 Å². The van der Waals surface area contributed by atoms with Gasteiger partial charge in [0.05, 0.1) is 22.8 Å². The summed E-state index contributed by atoms with van der Waals surface area (Å²) in [6.45, 7) is 4.71. The molecule has 280 valence electrons. The topological polar surface area (TPSA) is 8.17 Å². The third-order valence-electron chi connectivity index (χ3n) is 12.9. The van der Waals surface area contributed by atoms with Crippen molar-refractivity contribution in [2.75, 3.05) is 7.05 Å². The monoisotopic (exact) mass is 764 g/mol. The van der Waals surface area contributed by atoms with E-state index in [2.05, 4.69) is 212 Å². The van der Waals surface area contributed by atoms with Crippen molar-refractivity contribution in [3.63, 3.8) is 0 Å². The molecule has 10 aromatic rings. The highest BCUT2D eigenvalue weighted by molar-refractivity contribution is 7.25. The smallest absolute Gasteiger partial charge is 0.0606 e. The van der Waals surface area contributed by atoms with E-state index < -0.39 is 0 Å². The Hall–Kier alpha value is -6.26. The Kier molecular flexibility index (Phi) is 8.43. The lowest BCUT2D eigenvalue weighted by molar-refractivity contribution is 0.158. The van der Waals surface area contributed by atoms with Gasteiger partial charge in [-0.3, -0.25) is 4.90 Å². The number of hydrogen-bond donors (Lipinski definition) is 0. The first kappa shape index (κ1) is 34.9. The summed E-state index contributed by atoms with van der Waals surface area (Å²) in [4.78, 5) is 2.70. The Morgan fingerprint density at radius 2 is 1.12 bits per heavy atom. The van der Waals surface area contributed by atoms with E-state index in [1.807, 2.05) is 11.3 Å². The molecule has 8 aromatic carbocycles. The van der Waals surface area contributed by atoms with Crippen LogP contribution in [0.5, 0.6) is 0 Å². The fourth-order valence-electron chi connectivity index (χ4n) is 10.4. The molecule has 3 atom stereocenters. The highest BCUT2D eigenvalue weighted by Gasteiger charge is 2.37. The molecular formula is C55H44N2S. The minimum absolute atomic E-state index is 0.0145. The molecule has 0 spiro atoms. The molecule has 2 aromatic heterocycles. The molecule has 2 nitrogen and oxygen atoms in total. The van der Waals surface area contributed by atoms with Gasteiger partial charge in [-0.05, 0) is 88.5 Å². The Balaban J connectivity index is 1.29. The second kappa shape index (κ2) is 14.0. The first-order chi connectivity index (χ1) is 28.6. The number of benzene rings is 8. The normalized spacial score (nSPS) is 19.7. The fraction of sp³-hybridized carbons (Fsp3) is 0.127. The molecule has 11 rings (SSSR count). The van der Waals surface area contributed by atoms with E-state index in [0.717, 1.165) is 6.42 Å². The molecule has 3 heterocycles. The zero-order valence-electron chi connectivity index (χ0n) is 33.1. The first-order valence-electron chi connectivity index (χ1n) is 20.6. The number of likely N-dealkylation sites (N-methyl/N-ethyl adjacent to an activating group) is 1. The van der Waals surface area contributed by atoms with Gasteiger partial charge in [-0.15, -0.1) is 11.3 Å². The third kappa shape index (κ3) is 5.34. The van der Waals surface area contributed by atoms with Crippen molar-refractivity contribution < 1.29 is 0 Å². The molecule has 0 saturated carbocycles. The first-order valence-corrected chi connectivity index (χ1v) is 21.4. The van der Waals surface area contributed by atoms with E-state index in [4.69, 9.17) is 0 Å². The average molecular weight is 765 g/mol. The van der Waals surface area contributed by atoms with Gasteiger partial charge < -0.3 is 4.57 Å². The van der Waals surface area contributed by atoms with Gasteiger partial charge in [-0.1, -0.05) is 170 Å². The molecule has 0 bridgehead atoms. The van der Waals surface area contributed by atoms with Gasteiger partial charge in [0.1, 0.15) is 0 Å². The standard InChI is InChI=1S/C55H44N2S/c1-4-40-41(36-17-7-5-8-18-36)30-27-35(2)53(56(3)54(40)39-21-9-6-10-22-39)45-31-34-49-52(44-25-15-16-26-48(44)58-49)55(45)57-46-32-28-37-19-11-13-23-42(37)50(46)51-43-24-14-12-20-38(43)29-33-47(51)57/h5-34,40,53-54H,4H2,1-3H3/b35-27-,41-30+.